The number of halogens is 1. The highest BCUT2D eigenvalue weighted by atomic mass is 19.1. The lowest BCUT2D eigenvalue weighted by Crippen LogP contribution is -2.22. The Balaban J connectivity index is 1.95. The lowest BCUT2D eigenvalue weighted by Gasteiger charge is -2.18. The number of carbonyl (C=O) groups excluding carboxylic acids is 1. The Labute approximate surface area is 141 Å². The van der Waals surface area contributed by atoms with E-state index in [0.29, 0.717) is 5.69 Å². The standard InChI is InChI=1S/C21H18FNO/c1-15-12-18(22)14-19(13-15)23-21(24)20(16-8-4-2-5-9-16)17-10-6-3-7-11-17/h2-14,20H,1H3,(H,23,24). The van der Waals surface area contributed by atoms with Gasteiger partial charge < -0.3 is 5.32 Å². The van der Waals surface area contributed by atoms with Crippen molar-refractivity contribution in [2.75, 3.05) is 5.32 Å². The Morgan fingerprint density at radius 1 is 0.875 bits per heavy atom. The lowest BCUT2D eigenvalue weighted by molar-refractivity contribution is -0.116. The third kappa shape index (κ3) is 3.69. The van der Waals surface area contributed by atoms with E-state index in [2.05, 4.69) is 5.32 Å². The summed E-state index contributed by atoms with van der Waals surface area (Å²) in [5.74, 6) is -0.991. The van der Waals surface area contributed by atoms with E-state index >= 15 is 0 Å². The number of benzene rings is 3. The Bertz CT molecular complexity index is 771. The quantitative estimate of drug-likeness (QED) is 0.728. The molecule has 3 aromatic carbocycles. The molecule has 0 aliphatic rings. The largest absolute Gasteiger partial charge is 0.325 e. The van der Waals surface area contributed by atoms with Crippen molar-refractivity contribution >= 4 is 11.6 Å². The minimum absolute atomic E-state index is 0.183. The van der Waals surface area contributed by atoms with Crippen LogP contribution in [-0.2, 0) is 4.79 Å². The van der Waals surface area contributed by atoms with Gasteiger partial charge in [0.25, 0.3) is 0 Å². The summed E-state index contributed by atoms with van der Waals surface area (Å²) >= 11 is 0. The van der Waals surface area contributed by atoms with Gasteiger partial charge in [0.15, 0.2) is 0 Å². The molecule has 3 heteroatoms. The van der Waals surface area contributed by atoms with Crippen molar-refractivity contribution in [2.45, 2.75) is 12.8 Å². The molecule has 0 heterocycles. The van der Waals surface area contributed by atoms with Crippen LogP contribution in [0.2, 0.25) is 0 Å². The summed E-state index contributed by atoms with van der Waals surface area (Å²) in [5, 5.41) is 2.84. The van der Waals surface area contributed by atoms with Crippen molar-refractivity contribution in [1.29, 1.82) is 0 Å². The van der Waals surface area contributed by atoms with E-state index in [9.17, 15) is 9.18 Å². The van der Waals surface area contributed by atoms with Crippen LogP contribution in [0.1, 0.15) is 22.6 Å². The summed E-state index contributed by atoms with van der Waals surface area (Å²) in [7, 11) is 0. The number of carbonyl (C=O) groups is 1. The molecule has 0 bridgehead atoms. The van der Waals surface area contributed by atoms with Crippen molar-refractivity contribution in [2.24, 2.45) is 0 Å². The normalized spacial score (nSPS) is 10.6. The molecule has 3 aromatic rings. The maximum absolute atomic E-state index is 13.6. The molecule has 24 heavy (non-hydrogen) atoms. The topological polar surface area (TPSA) is 29.1 Å². The van der Waals surface area contributed by atoms with E-state index in [-0.39, 0.29) is 11.7 Å². The van der Waals surface area contributed by atoms with Gasteiger partial charge in [-0.3, -0.25) is 4.79 Å². The highest BCUT2D eigenvalue weighted by Gasteiger charge is 2.22. The van der Waals surface area contributed by atoms with Gasteiger partial charge in [0.05, 0.1) is 5.92 Å². The second kappa shape index (κ2) is 7.09. The molecule has 1 N–H and O–H groups in total. The van der Waals surface area contributed by atoms with Gasteiger partial charge in [-0.2, -0.15) is 0 Å². The molecule has 0 radical (unpaired) electrons. The molecule has 0 unspecified atom stereocenters. The molecule has 0 aromatic heterocycles. The number of hydrogen-bond donors (Lipinski definition) is 1. The number of hydrogen-bond acceptors (Lipinski definition) is 1. The zero-order valence-electron chi connectivity index (χ0n) is 13.4. The average Bonchev–Trinajstić information content (AvgIpc) is 2.56. The van der Waals surface area contributed by atoms with Crippen LogP contribution in [0, 0.1) is 12.7 Å². The number of amides is 1. The zero-order valence-corrected chi connectivity index (χ0v) is 13.4. The van der Waals surface area contributed by atoms with Crippen molar-refractivity contribution in [3.8, 4) is 0 Å². The van der Waals surface area contributed by atoms with E-state index < -0.39 is 5.92 Å². The number of aryl methyl sites for hydroxylation is 1. The Morgan fingerprint density at radius 3 is 1.92 bits per heavy atom. The summed E-state index contributed by atoms with van der Waals surface area (Å²) in [6, 6.07) is 23.7. The summed E-state index contributed by atoms with van der Waals surface area (Å²) in [5.41, 5.74) is 3.03. The molecule has 1 amide bonds. The SMILES string of the molecule is Cc1cc(F)cc(NC(=O)C(c2ccccc2)c2ccccc2)c1. The van der Waals surface area contributed by atoms with Crippen molar-refractivity contribution in [1.82, 2.24) is 0 Å². The fraction of sp³-hybridized carbons (Fsp3) is 0.0952. The first-order valence-corrected chi connectivity index (χ1v) is 7.81. The van der Waals surface area contributed by atoms with E-state index in [1.54, 1.807) is 13.0 Å². The number of rotatable bonds is 4. The monoisotopic (exact) mass is 319 g/mol. The first-order valence-electron chi connectivity index (χ1n) is 7.81. The Hall–Kier alpha value is -2.94. The van der Waals surface area contributed by atoms with E-state index in [1.807, 2.05) is 60.7 Å². The van der Waals surface area contributed by atoms with Gasteiger partial charge in [-0.1, -0.05) is 60.7 Å². The summed E-state index contributed by atoms with van der Waals surface area (Å²) in [6.07, 6.45) is 0. The summed E-state index contributed by atoms with van der Waals surface area (Å²) in [4.78, 5) is 12.9. The molecule has 2 nitrogen and oxygen atoms in total. The highest BCUT2D eigenvalue weighted by Crippen LogP contribution is 2.26. The molecule has 120 valence electrons. The molecule has 0 aliphatic carbocycles. The highest BCUT2D eigenvalue weighted by molar-refractivity contribution is 5.98. The second-order valence-electron chi connectivity index (χ2n) is 5.76. The average molecular weight is 319 g/mol. The molecule has 0 fully saturated rings. The third-order valence-corrected chi connectivity index (χ3v) is 3.84. The molecule has 0 saturated heterocycles. The van der Waals surface area contributed by atoms with Gasteiger partial charge in [0.1, 0.15) is 5.82 Å². The van der Waals surface area contributed by atoms with Crippen LogP contribution in [0.25, 0.3) is 0 Å². The first-order chi connectivity index (χ1) is 11.6. The van der Waals surface area contributed by atoms with Crippen LogP contribution in [-0.4, -0.2) is 5.91 Å². The minimum atomic E-state index is -0.448. The number of anilines is 1. The van der Waals surface area contributed by atoms with Crippen molar-refractivity contribution < 1.29 is 9.18 Å². The predicted molar refractivity (Wildman–Crippen MR) is 94.5 cm³/mol. The Morgan fingerprint density at radius 2 is 1.42 bits per heavy atom. The maximum Gasteiger partial charge on any atom is 0.236 e. The minimum Gasteiger partial charge on any atom is -0.325 e. The summed E-state index contributed by atoms with van der Waals surface area (Å²) < 4.78 is 13.6. The van der Waals surface area contributed by atoms with Crippen LogP contribution in [0.5, 0.6) is 0 Å². The van der Waals surface area contributed by atoms with Crippen LogP contribution in [0.15, 0.2) is 78.9 Å². The van der Waals surface area contributed by atoms with E-state index in [4.69, 9.17) is 0 Å². The van der Waals surface area contributed by atoms with Crippen LogP contribution in [0.3, 0.4) is 0 Å². The predicted octanol–water partition coefficient (Wildman–Crippen LogP) is 4.90. The molecule has 0 atom stereocenters. The molecular formula is C21H18FNO. The molecule has 0 saturated carbocycles. The van der Waals surface area contributed by atoms with Crippen molar-refractivity contribution in [3.05, 3.63) is 101 Å². The van der Waals surface area contributed by atoms with Gasteiger partial charge in [-0.25, -0.2) is 4.39 Å². The maximum atomic E-state index is 13.6. The van der Waals surface area contributed by atoms with Gasteiger partial charge in [-0.05, 0) is 41.8 Å². The smallest absolute Gasteiger partial charge is 0.236 e. The summed E-state index contributed by atoms with van der Waals surface area (Å²) in [6.45, 7) is 1.80. The van der Waals surface area contributed by atoms with Gasteiger partial charge in [0.2, 0.25) is 5.91 Å². The van der Waals surface area contributed by atoms with E-state index in [1.165, 1.54) is 12.1 Å². The van der Waals surface area contributed by atoms with Crippen molar-refractivity contribution in [3.63, 3.8) is 0 Å². The fourth-order valence-corrected chi connectivity index (χ4v) is 2.81. The first kappa shape index (κ1) is 15.9. The van der Waals surface area contributed by atoms with Crippen LogP contribution < -0.4 is 5.32 Å². The van der Waals surface area contributed by atoms with Crippen LogP contribution in [0.4, 0.5) is 10.1 Å². The molecule has 0 spiro atoms. The molecule has 3 rings (SSSR count). The molecular weight excluding hydrogens is 301 g/mol. The fourth-order valence-electron chi connectivity index (χ4n) is 2.81. The lowest BCUT2D eigenvalue weighted by atomic mass is 9.90. The number of nitrogens with one attached hydrogen (secondary N) is 1. The van der Waals surface area contributed by atoms with E-state index in [0.717, 1.165) is 16.7 Å². The van der Waals surface area contributed by atoms with Gasteiger partial charge in [0, 0.05) is 5.69 Å². The third-order valence-electron chi connectivity index (χ3n) is 3.84. The van der Waals surface area contributed by atoms with Crippen LogP contribution >= 0.6 is 0 Å². The zero-order chi connectivity index (χ0) is 16.9. The van der Waals surface area contributed by atoms with Gasteiger partial charge in [-0.15, -0.1) is 0 Å². The second-order valence-corrected chi connectivity index (χ2v) is 5.76. The molecule has 0 aliphatic heterocycles. The van der Waals surface area contributed by atoms with Gasteiger partial charge >= 0.3 is 0 Å². The Kier molecular flexibility index (Phi) is 4.71.